The number of rotatable bonds is 8. The molecule has 40 heavy (non-hydrogen) atoms. The Morgan fingerprint density at radius 1 is 1.02 bits per heavy atom. The molecule has 0 bridgehead atoms. The Labute approximate surface area is 240 Å². The molecule has 2 aromatic carbocycles. The number of fused-ring (bicyclic) bond motifs is 2. The Morgan fingerprint density at radius 3 is 2.42 bits per heavy atom. The maximum Gasteiger partial charge on any atom is 0.306 e. The molecule has 0 saturated carbocycles. The van der Waals surface area contributed by atoms with E-state index in [2.05, 4.69) is 40.2 Å². The molecule has 7 nitrogen and oxygen atoms in total. The highest BCUT2D eigenvalue weighted by Crippen LogP contribution is 2.39. The lowest BCUT2D eigenvalue weighted by molar-refractivity contribution is -0.154. The number of hydrogen-bond donors (Lipinski definition) is 1. The lowest BCUT2D eigenvalue weighted by Crippen LogP contribution is -2.23. The van der Waals surface area contributed by atoms with Crippen LogP contribution in [0.25, 0.3) is 43.6 Å². The summed E-state index contributed by atoms with van der Waals surface area (Å²) < 4.78 is 18.6. The minimum absolute atomic E-state index is 0.179. The SMILES string of the molecule is CC.COc1ccc2[nH]c(C)c(-c3csc(-c4cn(CCCC(=O)OC(C)(C)C)c5cc(OC)ccc45)n3)c2c1. The summed E-state index contributed by atoms with van der Waals surface area (Å²) in [5.41, 5.74) is 5.78. The highest BCUT2D eigenvalue weighted by molar-refractivity contribution is 7.13. The number of H-pyrrole nitrogens is 1. The Bertz CT molecular complexity index is 1620. The Hall–Kier alpha value is -3.78. The zero-order chi connectivity index (χ0) is 29.0. The predicted octanol–water partition coefficient (Wildman–Crippen LogP) is 8.39. The number of aromatic nitrogens is 3. The van der Waals surface area contributed by atoms with Crippen LogP contribution in [0.1, 0.15) is 53.2 Å². The second-order valence-corrected chi connectivity index (χ2v) is 11.2. The summed E-state index contributed by atoms with van der Waals surface area (Å²) in [5.74, 6) is 1.43. The number of carbonyl (C=O) groups is 1. The fourth-order valence-corrected chi connectivity index (χ4v) is 5.65. The molecule has 5 aromatic rings. The number of methoxy groups -OCH3 is 2. The van der Waals surface area contributed by atoms with E-state index in [-0.39, 0.29) is 5.97 Å². The van der Waals surface area contributed by atoms with Crippen LogP contribution in [-0.2, 0) is 16.1 Å². The number of hydrogen-bond acceptors (Lipinski definition) is 6. The fraction of sp³-hybridized carbons (Fsp3) is 0.375. The van der Waals surface area contributed by atoms with Crippen molar-refractivity contribution in [3.63, 3.8) is 0 Å². The van der Waals surface area contributed by atoms with Gasteiger partial charge in [-0.25, -0.2) is 4.98 Å². The first-order valence-electron chi connectivity index (χ1n) is 13.7. The number of esters is 1. The first-order chi connectivity index (χ1) is 19.2. The van der Waals surface area contributed by atoms with Crippen molar-refractivity contribution >= 4 is 39.1 Å². The molecule has 0 aliphatic rings. The minimum atomic E-state index is -0.478. The van der Waals surface area contributed by atoms with Crippen molar-refractivity contribution in [1.82, 2.24) is 14.5 Å². The van der Waals surface area contributed by atoms with Gasteiger partial charge >= 0.3 is 5.97 Å². The van der Waals surface area contributed by atoms with Gasteiger partial charge in [-0.3, -0.25) is 4.79 Å². The Kier molecular flexibility index (Phi) is 8.88. The van der Waals surface area contributed by atoms with Crippen LogP contribution in [0.15, 0.2) is 48.0 Å². The molecule has 212 valence electrons. The topological polar surface area (TPSA) is 78.4 Å². The van der Waals surface area contributed by atoms with E-state index in [4.69, 9.17) is 19.2 Å². The van der Waals surface area contributed by atoms with Crippen molar-refractivity contribution in [3.05, 3.63) is 53.7 Å². The first kappa shape index (κ1) is 29.2. The third kappa shape index (κ3) is 6.17. The van der Waals surface area contributed by atoms with Crippen LogP contribution >= 0.6 is 11.3 Å². The minimum Gasteiger partial charge on any atom is -0.497 e. The molecular formula is C32H39N3O4S. The third-order valence-electron chi connectivity index (χ3n) is 6.47. The summed E-state index contributed by atoms with van der Waals surface area (Å²) in [6.07, 6.45) is 3.17. The molecule has 0 unspecified atom stereocenters. The number of ether oxygens (including phenoxy) is 3. The fourth-order valence-electron chi connectivity index (χ4n) is 4.82. The van der Waals surface area contributed by atoms with Gasteiger partial charge in [-0.1, -0.05) is 13.8 Å². The van der Waals surface area contributed by atoms with Crippen LogP contribution in [0.5, 0.6) is 11.5 Å². The van der Waals surface area contributed by atoms with E-state index >= 15 is 0 Å². The maximum absolute atomic E-state index is 12.2. The van der Waals surface area contributed by atoms with Gasteiger partial charge in [0.25, 0.3) is 0 Å². The molecule has 0 radical (unpaired) electrons. The van der Waals surface area contributed by atoms with Gasteiger partial charge in [-0.2, -0.15) is 0 Å². The van der Waals surface area contributed by atoms with Gasteiger partial charge in [0.05, 0.1) is 25.4 Å². The Morgan fingerprint density at radius 2 is 1.73 bits per heavy atom. The molecule has 0 saturated heterocycles. The summed E-state index contributed by atoms with van der Waals surface area (Å²) in [6, 6.07) is 12.1. The van der Waals surface area contributed by atoms with E-state index < -0.39 is 5.60 Å². The lowest BCUT2D eigenvalue weighted by atomic mass is 10.1. The second-order valence-electron chi connectivity index (χ2n) is 10.4. The molecular weight excluding hydrogens is 522 g/mol. The van der Waals surface area contributed by atoms with Crippen LogP contribution in [0.4, 0.5) is 0 Å². The normalized spacial score (nSPS) is 11.4. The molecule has 0 amide bonds. The van der Waals surface area contributed by atoms with Gasteiger partial charge in [0.15, 0.2) is 0 Å². The molecule has 8 heteroatoms. The monoisotopic (exact) mass is 561 g/mol. The number of nitrogens with zero attached hydrogens (tertiary/aromatic N) is 2. The van der Waals surface area contributed by atoms with Crippen molar-refractivity contribution < 1.29 is 19.0 Å². The average molecular weight is 562 g/mol. The first-order valence-corrected chi connectivity index (χ1v) is 14.6. The van der Waals surface area contributed by atoms with Crippen LogP contribution in [0.3, 0.4) is 0 Å². The molecule has 0 aliphatic heterocycles. The summed E-state index contributed by atoms with van der Waals surface area (Å²) in [6.45, 7) is 12.4. The molecule has 3 heterocycles. The number of benzene rings is 2. The molecule has 0 atom stereocenters. The number of aromatic amines is 1. The van der Waals surface area contributed by atoms with Gasteiger partial charge in [0, 0.05) is 63.7 Å². The van der Waals surface area contributed by atoms with Crippen LogP contribution in [0, 0.1) is 6.92 Å². The predicted molar refractivity (Wildman–Crippen MR) is 165 cm³/mol. The standard InChI is InChI=1S/C30H33N3O4S.C2H6/c1-18-28(22-14-19(35-5)10-12-24(22)31-18)25-17-38-29(32-25)23-16-33(13-7-8-27(34)37-30(2,3)4)26-15-20(36-6)9-11-21(23)26;1-2/h9-12,14-17,31H,7-8,13H2,1-6H3;1-2H3. The van der Waals surface area contributed by atoms with Gasteiger partial charge in [0.1, 0.15) is 22.1 Å². The molecule has 0 aliphatic carbocycles. The second kappa shape index (κ2) is 12.2. The lowest BCUT2D eigenvalue weighted by Gasteiger charge is -2.19. The van der Waals surface area contributed by atoms with E-state index in [1.54, 1.807) is 25.6 Å². The van der Waals surface area contributed by atoms with Crippen LogP contribution in [0.2, 0.25) is 0 Å². The van der Waals surface area contributed by atoms with E-state index in [0.29, 0.717) is 19.4 Å². The van der Waals surface area contributed by atoms with Crippen molar-refractivity contribution in [2.24, 2.45) is 0 Å². The largest absolute Gasteiger partial charge is 0.497 e. The Balaban J connectivity index is 0.00000181. The summed E-state index contributed by atoms with van der Waals surface area (Å²) in [5, 5.41) is 5.24. The van der Waals surface area contributed by atoms with Crippen molar-refractivity contribution in [3.8, 4) is 33.3 Å². The van der Waals surface area contributed by atoms with Crippen molar-refractivity contribution in [2.75, 3.05) is 14.2 Å². The van der Waals surface area contributed by atoms with Crippen LogP contribution < -0.4 is 9.47 Å². The highest BCUT2D eigenvalue weighted by Gasteiger charge is 2.19. The summed E-state index contributed by atoms with van der Waals surface area (Å²) in [7, 11) is 3.35. The van der Waals surface area contributed by atoms with E-state index in [0.717, 1.165) is 60.8 Å². The third-order valence-corrected chi connectivity index (χ3v) is 7.35. The number of carbonyl (C=O) groups excluding carboxylic acids is 1. The highest BCUT2D eigenvalue weighted by atomic mass is 32.1. The van der Waals surface area contributed by atoms with Gasteiger partial charge in [0.2, 0.25) is 0 Å². The molecule has 5 rings (SSSR count). The number of aryl methyl sites for hydroxylation is 2. The zero-order valence-corrected chi connectivity index (χ0v) is 25.5. The van der Waals surface area contributed by atoms with E-state index in [1.807, 2.05) is 58.9 Å². The molecule has 3 aromatic heterocycles. The molecule has 0 fully saturated rings. The van der Waals surface area contributed by atoms with Crippen molar-refractivity contribution in [2.45, 2.75) is 66.5 Å². The smallest absolute Gasteiger partial charge is 0.306 e. The molecule has 0 spiro atoms. The molecule has 1 N–H and O–H groups in total. The average Bonchev–Trinajstić information content (AvgIpc) is 3.62. The van der Waals surface area contributed by atoms with Crippen LogP contribution in [-0.4, -0.2) is 40.3 Å². The quantitative estimate of drug-likeness (QED) is 0.193. The summed E-state index contributed by atoms with van der Waals surface area (Å²) in [4.78, 5) is 20.8. The number of nitrogens with one attached hydrogen (secondary N) is 1. The maximum atomic E-state index is 12.2. The van der Waals surface area contributed by atoms with Gasteiger partial charge < -0.3 is 23.8 Å². The van der Waals surface area contributed by atoms with Crippen molar-refractivity contribution in [1.29, 1.82) is 0 Å². The van der Waals surface area contributed by atoms with E-state index in [9.17, 15) is 4.79 Å². The zero-order valence-electron chi connectivity index (χ0n) is 24.7. The van der Waals surface area contributed by atoms with Gasteiger partial charge in [-0.15, -0.1) is 11.3 Å². The number of thiazole rings is 1. The van der Waals surface area contributed by atoms with Gasteiger partial charge in [-0.05, 0) is 64.4 Å². The summed E-state index contributed by atoms with van der Waals surface area (Å²) >= 11 is 1.63. The van der Waals surface area contributed by atoms with E-state index in [1.165, 1.54) is 0 Å².